The highest BCUT2D eigenvalue weighted by molar-refractivity contribution is 6.05. The van der Waals surface area contributed by atoms with E-state index in [0.29, 0.717) is 16.9 Å². The Hall–Kier alpha value is -3.41. The minimum Gasteiger partial charge on any atom is -0.359 e. The molecule has 0 fully saturated rings. The summed E-state index contributed by atoms with van der Waals surface area (Å²) in [7, 11) is 3.20. The molecule has 0 saturated carbocycles. The Bertz CT molecular complexity index is 828. The zero-order valence-corrected chi connectivity index (χ0v) is 14.8. The molecule has 6 nitrogen and oxygen atoms in total. The molecule has 0 aromatic heterocycles. The molecule has 0 radical (unpaired) electrons. The largest absolute Gasteiger partial charge is 0.359 e. The van der Waals surface area contributed by atoms with Crippen molar-refractivity contribution in [1.29, 1.82) is 0 Å². The predicted molar refractivity (Wildman–Crippen MR) is 102 cm³/mol. The number of carbonyl (C=O) groups excluding carboxylic acids is 3. The van der Waals surface area contributed by atoms with Gasteiger partial charge in [-0.05, 0) is 42.0 Å². The van der Waals surface area contributed by atoms with Crippen LogP contribution >= 0.6 is 0 Å². The molecule has 3 amide bonds. The average Bonchev–Trinajstić information content (AvgIpc) is 2.68. The Morgan fingerprint density at radius 2 is 1.73 bits per heavy atom. The van der Waals surface area contributed by atoms with Crippen LogP contribution in [0.3, 0.4) is 0 Å². The Morgan fingerprint density at radius 1 is 1.08 bits per heavy atom. The van der Waals surface area contributed by atoms with Crippen molar-refractivity contribution in [1.82, 2.24) is 5.32 Å². The van der Waals surface area contributed by atoms with Crippen LogP contribution in [0.1, 0.15) is 15.9 Å². The van der Waals surface area contributed by atoms with E-state index in [1.807, 2.05) is 6.07 Å². The molecule has 0 saturated heterocycles. The van der Waals surface area contributed by atoms with Gasteiger partial charge in [0.05, 0.1) is 6.42 Å². The lowest BCUT2D eigenvalue weighted by atomic mass is 10.1. The van der Waals surface area contributed by atoms with Gasteiger partial charge in [0.1, 0.15) is 0 Å². The molecule has 0 atom stereocenters. The van der Waals surface area contributed by atoms with E-state index >= 15 is 0 Å². The fourth-order valence-corrected chi connectivity index (χ4v) is 2.35. The van der Waals surface area contributed by atoms with Crippen molar-refractivity contribution in [3.05, 3.63) is 72.3 Å². The normalized spacial score (nSPS) is 9.92. The van der Waals surface area contributed by atoms with Crippen molar-refractivity contribution in [2.24, 2.45) is 0 Å². The van der Waals surface area contributed by atoms with Gasteiger partial charge in [-0.3, -0.25) is 14.4 Å². The molecule has 0 unspecified atom stereocenters. The Balaban J connectivity index is 2.14. The van der Waals surface area contributed by atoms with Crippen molar-refractivity contribution in [2.75, 3.05) is 24.3 Å². The van der Waals surface area contributed by atoms with Gasteiger partial charge in [-0.15, -0.1) is 0 Å². The van der Waals surface area contributed by atoms with E-state index in [2.05, 4.69) is 17.2 Å². The second-order valence-corrected chi connectivity index (χ2v) is 5.61. The molecule has 0 bridgehead atoms. The molecule has 2 N–H and O–H groups in total. The fourth-order valence-electron chi connectivity index (χ4n) is 2.35. The molecule has 2 aromatic rings. The van der Waals surface area contributed by atoms with Crippen molar-refractivity contribution < 1.29 is 14.4 Å². The second-order valence-electron chi connectivity index (χ2n) is 5.61. The van der Waals surface area contributed by atoms with E-state index in [-0.39, 0.29) is 24.1 Å². The molecule has 2 aromatic carbocycles. The Labute approximate surface area is 152 Å². The first-order valence-electron chi connectivity index (χ1n) is 8.06. The summed E-state index contributed by atoms with van der Waals surface area (Å²) in [5, 5.41) is 5.39. The predicted octanol–water partition coefficient (Wildman–Crippen LogP) is 2.38. The van der Waals surface area contributed by atoms with Gasteiger partial charge in [0.2, 0.25) is 11.8 Å². The summed E-state index contributed by atoms with van der Waals surface area (Å²) in [6.07, 6.45) is 1.41. The lowest BCUT2D eigenvalue weighted by Gasteiger charge is -2.15. The van der Waals surface area contributed by atoms with Gasteiger partial charge in [0.25, 0.3) is 5.91 Å². The zero-order valence-electron chi connectivity index (χ0n) is 14.8. The van der Waals surface area contributed by atoms with Crippen LogP contribution in [0.2, 0.25) is 0 Å². The highest BCUT2D eigenvalue weighted by atomic mass is 16.2. The number of benzene rings is 2. The SMILES string of the molecule is C=CC(=O)N(C)c1ccc(C(=O)Nc2ccccc2CC(=O)NC)cc1. The lowest BCUT2D eigenvalue weighted by Crippen LogP contribution is -2.24. The quantitative estimate of drug-likeness (QED) is 0.784. The van der Waals surface area contributed by atoms with E-state index in [1.54, 1.807) is 56.6 Å². The van der Waals surface area contributed by atoms with E-state index in [1.165, 1.54) is 11.0 Å². The van der Waals surface area contributed by atoms with E-state index in [4.69, 9.17) is 0 Å². The third-order valence-electron chi connectivity index (χ3n) is 3.92. The van der Waals surface area contributed by atoms with Gasteiger partial charge in [0, 0.05) is 31.0 Å². The van der Waals surface area contributed by atoms with Crippen molar-refractivity contribution in [3.8, 4) is 0 Å². The van der Waals surface area contributed by atoms with E-state index in [0.717, 1.165) is 5.56 Å². The van der Waals surface area contributed by atoms with Gasteiger partial charge >= 0.3 is 0 Å². The van der Waals surface area contributed by atoms with E-state index in [9.17, 15) is 14.4 Å². The summed E-state index contributed by atoms with van der Waals surface area (Å²) in [5.41, 5.74) is 2.42. The van der Waals surface area contributed by atoms with Crippen LogP contribution < -0.4 is 15.5 Å². The molecule has 0 heterocycles. The fraction of sp³-hybridized carbons (Fsp3) is 0.150. The summed E-state index contributed by atoms with van der Waals surface area (Å²) in [6.45, 7) is 3.45. The van der Waals surface area contributed by atoms with E-state index < -0.39 is 0 Å². The first-order valence-corrected chi connectivity index (χ1v) is 8.06. The molecule has 6 heteroatoms. The topological polar surface area (TPSA) is 78.5 Å². The number of amides is 3. The third kappa shape index (κ3) is 4.57. The number of para-hydroxylation sites is 1. The number of nitrogens with zero attached hydrogens (tertiary/aromatic N) is 1. The second kappa shape index (κ2) is 8.62. The van der Waals surface area contributed by atoms with Crippen LogP contribution in [-0.4, -0.2) is 31.8 Å². The van der Waals surface area contributed by atoms with Gasteiger partial charge < -0.3 is 15.5 Å². The highest BCUT2D eigenvalue weighted by Crippen LogP contribution is 2.19. The van der Waals surface area contributed by atoms with Gasteiger partial charge in [-0.2, -0.15) is 0 Å². The summed E-state index contributed by atoms with van der Waals surface area (Å²) in [5.74, 6) is -0.657. The number of carbonyl (C=O) groups is 3. The lowest BCUT2D eigenvalue weighted by molar-refractivity contribution is -0.120. The molecule has 26 heavy (non-hydrogen) atoms. The Morgan fingerprint density at radius 3 is 2.35 bits per heavy atom. The monoisotopic (exact) mass is 351 g/mol. The highest BCUT2D eigenvalue weighted by Gasteiger charge is 2.12. The van der Waals surface area contributed by atoms with Crippen LogP contribution in [0.25, 0.3) is 0 Å². The van der Waals surface area contributed by atoms with Crippen LogP contribution in [0.4, 0.5) is 11.4 Å². The maximum atomic E-state index is 12.5. The van der Waals surface area contributed by atoms with Crippen LogP contribution in [0.5, 0.6) is 0 Å². The number of rotatable bonds is 6. The molecule has 2 rings (SSSR count). The maximum absolute atomic E-state index is 12.5. The molecule has 0 aliphatic carbocycles. The molecule has 0 aliphatic heterocycles. The Kier molecular flexibility index (Phi) is 6.27. The minimum atomic E-state index is -0.293. The van der Waals surface area contributed by atoms with Crippen LogP contribution in [-0.2, 0) is 16.0 Å². The molecule has 0 aliphatic rings. The number of likely N-dealkylation sites (N-methyl/N-ethyl adjacent to an activating group) is 2. The van der Waals surface area contributed by atoms with Crippen LogP contribution in [0.15, 0.2) is 61.2 Å². The smallest absolute Gasteiger partial charge is 0.255 e. The number of hydrogen-bond donors (Lipinski definition) is 2. The average molecular weight is 351 g/mol. The standard InChI is InChI=1S/C20H21N3O3/c1-4-19(25)23(3)16-11-9-14(10-12-16)20(26)22-17-8-6-5-7-15(17)13-18(24)21-2/h4-12H,1,13H2,2-3H3,(H,21,24)(H,22,26). The first-order chi connectivity index (χ1) is 12.5. The minimum absolute atomic E-state index is 0.133. The van der Waals surface area contributed by atoms with Gasteiger partial charge in [0.15, 0.2) is 0 Å². The summed E-state index contributed by atoms with van der Waals surface area (Å²) in [4.78, 5) is 37.1. The van der Waals surface area contributed by atoms with Gasteiger partial charge in [-0.25, -0.2) is 0 Å². The summed E-state index contributed by atoms with van der Waals surface area (Å²) < 4.78 is 0. The zero-order chi connectivity index (χ0) is 19.1. The first kappa shape index (κ1) is 18.9. The number of hydrogen-bond acceptors (Lipinski definition) is 3. The molecule has 134 valence electrons. The molecular weight excluding hydrogens is 330 g/mol. The maximum Gasteiger partial charge on any atom is 0.255 e. The summed E-state index contributed by atoms with van der Waals surface area (Å²) in [6, 6.07) is 13.8. The van der Waals surface area contributed by atoms with Crippen molar-refractivity contribution in [2.45, 2.75) is 6.42 Å². The van der Waals surface area contributed by atoms with Crippen LogP contribution in [0, 0.1) is 0 Å². The number of anilines is 2. The van der Waals surface area contributed by atoms with Gasteiger partial charge in [-0.1, -0.05) is 24.8 Å². The molecular formula is C20H21N3O3. The van der Waals surface area contributed by atoms with Crippen molar-refractivity contribution in [3.63, 3.8) is 0 Å². The summed E-state index contributed by atoms with van der Waals surface area (Å²) >= 11 is 0. The van der Waals surface area contributed by atoms with Crippen molar-refractivity contribution >= 4 is 29.1 Å². The number of nitrogens with one attached hydrogen (secondary N) is 2. The third-order valence-corrected chi connectivity index (χ3v) is 3.92. The molecule has 0 spiro atoms.